The number of thiophene rings is 1. The van der Waals surface area contributed by atoms with Gasteiger partial charge in [0.05, 0.1) is 31.6 Å². The predicted octanol–water partition coefficient (Wildman–Crippen LogP) is 2.14. The Bertz CT molecular complexity index is 1570. The first-order chi connectivity index (χ1) is 19.7. The van der Waals surface area contributed by atoms with Crippen LogP contribution in [0.1, 0.15) is 16.7 Å². The lowest BCUT2D eigenvalue weighted by molar-refractivity contribution is -0.380. The van der Waals surface area contributed by atoms with Gasteiger partial charge in [-0.2, -0.15) is 9.97 Å². The van der Waals surface area contributed by atoms with Crippen LogP contribution in [-0.2, 0) is 31.5 Å². The van der Waals surface area contributed by atoms with Gasteiger partial charge in [-0.25, -0.2) is 14.6 Å². The van der Waals surface area contributed by atoms with Crippen LogP contribution in [0.3, 0.4) is 0 Å². The molecule has 1 fully saturated rings. The van der Waals surface area contributed by atoms with Crippen LogP contribution in [0.25, 0.3) is 11.2 Å². The first-order valence-corrected chi connectivity index (χ1v) is 14.5. The summed E-state index contributed by atoms with van der Waals surface area (Å²) in [4.78, 5) is 23.3. The van der Waals surface area contributed by atoms with Gasteiger partial charge in [0.2, 0.25) is 11.8 Å². The van der Waals surface area contributed by atoms with E-state index < -0.39 is 43.8 Å². The topological polar surface area (TPSA) is 219 Å². The number of nitrogen functional groups attached to an aromatic ring is 1. The molecule has 41 heavy (non-hydrogen) atoms. The van der Waals surface area contributed by atoms with Gasteiger partial charge in [-0.15, -0.1) is 0 Å². The number of imidazole rings is 1. The van der Waals surface area contributed by atoms with Crippen molar-refractivity contribution in [1.29, 1.82) is 0 Å². The molecule has 218 valence electrons. The third-order valence-electron chi connectivity index (χ3n) is 6.14. The average Bonchev–Trinajstić information content (AvgIpc) is 3.68. The van der Waals surface area contributed by atoms with E-state index in [4.69, 9.17) is 24.3 Å². The van der Waals surface area contributed by atoms with Gasteiger partial charge >= 0.3 is 12.7 Å². The van der Waals surface area contributed by atoms with E-state index in [1.54, 1.807) is 0 Å². The van der Waals surface area contributed by atoms with E-state index in [2.05, 4.69) is 20.0 Å². The fourth-order valence-electron chi connectivity index (χ4n) is 4.11. The normalized spacial score (nSPS) is 22.1. The number of nitro groups is 1. The molecule has 0 saturated carbocycles. The van der Waals surface area contributed by atoms with Crippen LogP contribution in [-0.4, -0.2) is 66.7 Å². The number of aliphatic hydroxyl groups excluding tert-OH is 2. The molecule has 5 atom stereocenters. The number of ether oxygens (including phenoxy) is 2. The summed E-state index contributed by atoms with van der Waals surface area (Å²) in [5, 5.41) is 35.2. The van der Waals surface area contributed by atoms with Gasteiger partial charge in [-0.05, 0) is 11.6 Å². The fraction of sp³-hybridized carbons (Fsp3) is 0.348. The maximum Gasteiger partial charge on any atom is 0.406 e. The number of benzene rings is 1. The Morgan fingerprint density at radius 1 is 1.20 bits per heavy atom. The number of nitrogens with two attached hydrogens (primary N) is 1. The summed E-state index contributed by atoms with van der Waals surface area (Å²) in [6.45, 7) is -0.557. The summed E-state index contributed by atoms with van der Waals surface area (Å²) in [7, 11) is -2.67. The van der Waals surface area contributed by atoms with Gasteiger partial charge in [0.1, 0.15) is 18.3 Å². The second-order valence-electron chi connectivity index (χ2n) is 8.85. The SMILES string of the molecule is COc1nc(N)nc2c1ncn2[C@@H]1O[C@H](COP(=O)(NCc2ccccc2)OCc2ccc([N+](=O)[O-])s2)C(O)[C@H]1O. The maximum absolute atomic E-state index is 13.7. The Hall–Kier alpha value is -3.54. The lowest BCUT2D eigenvalue weighted by atomic mass is 10.1. The number of anilines is 1. The number of fused-ring (bicyclic) bond motifs is 1. The highest BCUT2D eigenvalue weighted by Gasteiger charge is 2.45. The molecule has 4 heterocycles. The molecule has 0 amide bonds. The Balaban J connectivity index is 1.30. The van der Waals surface area contributed by atoms with E-state index in [-0.39, 0.29) is 41.1 Å². The van der Waals surface area contributed by atoms with Gasteiger partial charge in [-0.3, -0.25) is 23.7 Å². The Morgan fingerprint density at radius 3 is 2.68 bits per heavy atom. The van der Waals surface area contributed by atoms with Crippen LogP contribution in [0.4, 0.5) is 10.9 Å². The summed E-state index contributed by atoms with van der Waals surface area (Å²) in [6.07, 6.45) is -3.83. The van der Waals surface area contributed by atoms with Crippen LogP contribution in [0.15, 0.2) is 48.8 Å². The van der Waals surface area contributed by atoms with Crippen molar-refractivity contribution >= 4 is 41.2 Å². The van der Waals surface area contributed by atoms with Gasteiger partial charge in [0.25, 0.3) is 0 Å². The lowest BCUT2D eigenvalue weighted by Gasteiger charge is -2.22. The Morgan fingerprint density at radius 2 is 1.98 bits per heavy atom. The summed E-state index contributed by atoms with van der Waals surface area (Å²) in [5.41, 5.74) is 7.03. The fourth-order valence-corrected chi connectivity index (χ4v) is 6.21. The van der Waals surface area contributed by atoms with E-state index in [1.807, 2.05) is 30.3 Å². The van der Waals surface area contributed by atoms with Crippen LogP contribution in [0.5, 0.6) is 5.88 Å². The van der Waals surface area contributed by atoms with Crippen molar-refractivity contribution in [2.45, 2.75) is 37.7 Å². The monoisotopic (exact) mass is 607 g/mol. The number of rotatable bonds is 12. The minimum Gasteiger partial charge on any atom is -0.479 e. The molecule has 0 bridgehead atoms. The smallest absolute Gasteiger partial charge is 0.406 e. The van der Waals surface area contributed by atoms with Gasteiger partial charge < -0.3 is 25.4 Å². The minimum atomic E-state index is -4.06. The Kier molecular flexibility index (Phi) is 8.58. The first kappa shape index (κ1) is 29.0. The van der Waals surface area contributed by atoms with Gasteiger partial charge in [0, 0.05) is 17.5 Å². The zero-order valence-electron chi connectivity index (χ0n) is 21.5. The number of hydrogen-bond donors (Lipinski definition) is 4. The largest absolute Gasteiger partial charge is 0.479 e. The molecular weight excluding hydrogens is 581 g/mol. The second kappa shape index (κ2) is 12.1. The van der Waals surface area contributed by atoms with E-state index in [0.717, 1.165) is 16.9 Å². The highest BCUT2D eigenvalue weighted by molar-refractivity contribution is 7.51. The third kappa shape index (κ3) is 6.37. The average molecular weight is 608 g/mol. The molecule has 2 unspecified atom stereocenters. The zero-order valence-corrected chi connectivity index (χ0v) is 23.2. The Labute approximate surface area is 236 Å². The quantitative estimate of drug-likeness (QED) is 0.103. The highest BCUT2D eigenvalue weighted by atomic mass is 32.1. The molecule has 18 heteroatoms. The van der Waals surface area contributed by atoms with Crippen molar-refractivity contribution in [2.75, 3.05) is 19.5 Å². The molecule has 0 spiro atoms. The maximum atomic E-state index is 13.7. The molecular formula is C23H26N7O9PS. The van der Waals surface area contributed by atoms with E-state index >= 15 is 0 Å². The summed E-state index contributed by atoms with van der Waals surface area (Å²) < 4.78 is 37.4. The van der Waals surface area contributed by atoms with Crippen molar-refractivity contribution < 1.29 is 38.2 Å². The van der Waals surface area contributed by atoms with E-state index in [9.17, 15) is 24.9 Å². The molecule has 3 aromatic heterocycles. The van der Waals surface area contributed by atoms with Crippen molar-refractivity contribution in [2.24, 2.45) is 0 Å². The third-order valence-corrected chi connectivity index (χ3v) is 8.66. The van der Waals surface area contributed by atoms with Crippen molar-refractivity contribution in [1.82, 2.24) is 24.6 Å². The van der Waals surface area contributed by atoms with Crippen LogP contribution in [0, 0.1) is 10.1 Å². The van der Waals surface area contributed by atoms with Crippen molar-refractivity contribution in [3.05, 3.63) is 69.3 Å². The molecule has 0 radical (unpaired) electrons. The lowest BCUT2D eigenvalue weighted by Crippen LogP contribution is -2.34. The van der Waals surface area contributed by atoms with Crippen molar-refractivity contribution in [3.63, 3.8) is 0 Å². The molecule has 5 rings (SSSR count). The van der Waals surface area contributed by atoms with E-state index in [1.165, 1.54) is 30.1 Å². The van der Waals surface area contributed by atoms with Crippen LogP contribution < -0.4 is 15.6 Å². The van der Waals surface area contributed by atoms with Crippen LogP contribution >= 0.6 is 19.1 Å². The number of nitrogens with one attached hydrogen (secondary N) is 1. The number of nitrogens with zero attached hydrogens (tertiary/aromatic N) is 5. The molecule has 1 aromatic carbocycles. The zero-order chi connectivity index (χ0) is 29.1. The van der Waals surface area contributed by atoms with E-state index in [0.29, 0.717) is 4.88 Å². The summed E-state index contributed by atoms with van der Waals surface area (Å²) in [5.74, 6) is 0.0282. The second-order valence-corrected chi connectivity index (χ2v) is 11.8. The van der Waals surface area contributed by atoms with Crippen LogP contribution in [0.2, 0.25) is 0 Å². The highest BCUT2D eigenvalue weighted by Crippen LogP contribution is 2.47. The summed E-state index contributed by atoms with van der Waals surface area (Å²) in [6, 6.07) is 11.9. The van der Waals surface area contributed by atoms with Crippen molar-refractivity contribution in [3.8, 4) is 5.88 Å². The number of hydrogen-bond acceptors (Lipinski definition) is 14. The standard InChI is InChI=1S/C23H26N7O9PS/c1-36-21-17-20(27-23(24)28-21)29(12-25-17)22-19(32)18(31)15(39-22)11-38-40(35,26-9-13-5-3-2-4-6-13)37-10-14-7-8-16(41-14)30(33)34/h2-8,12,15,18-19,22,31-32H,9-11H2,1H3,(H,26,35)(H2,24,27,28)/t15-,18?,19-,22-,40?/m1/s1. The number of methoxy groups -OCH3 is 1. The molecule has 1 aliphatic heterocycles. The first-order valence-electron chi connectivity index (χ1n) is 12.1. The predicted molar refractivity (Wildman–Crippen MR) is 145 cm³/mol. The molecule has 5 N–H and O–H groups in total. The molecule has 16 nitrogen and oxygen atoms in total. The summed E-state index contributed by atoms with van der Waals surface area (Å²) >= 11 is 0.880. The minimum absolute atomic E-state index is 0.0872. The number of aliphatic hydroxyl groups is 2. The molecule has 0 aliphatic carbocycles. The molecule has 4 aromatic rings. The molecule has 1 saturated heterocycles. The number of aromatic nitrogens is 4. The van der Waals surface area contributed by atoms with Gasteiger partial charge in [0.15, 0.2) is 17.4 Å². The molecule has 1 aliphatic rings. The van der Waals surface area contributed by atoms with Gasteiger partial charge in [-0.1, -0.05) is 41.7 Å².